The summed E-state index contributed by atoms with van der Waals surface area (Å²) in [4.78, 5) is 2.45. The van der Waals surface area contributed by atoms with E-state index in [1.54, 1.807) is 0 Å². The molecule has 0 amide bonds. The van der Waals surface area contributed by atoms with Crippen molar-refractivity contribution in [1.29, 1.82) is 0 Å². The van der Waals surface area contributed by atoms with Crippen molar-refractivity contribution in [3.63, 3.8) is 0 Å². The Balaban J connectivity index is 2.08. The van der Waals surface area contributed by atoms with Crippen LogP contribution in [0.2, 0.25) is 0 Å². The van der Waals surface area contributed by atoms with E-state index in [2.05, 4.69) is 36.8 Å². The minimum Gasteiger partial charge on any atom is -0.295 e. The first-order chi connectivity index (χ1) is 7.70. The second kappa shape index (κ2) is 5.61. The third kappa shape index (κ3) is 2.84. The summed E-state index contributed by atoms with van der Waals surface area (Å²) in [5, 5.41) is 1.02. The molecule has 88 valence electrons. The van der Waals surface area contributed by atoms with Crippen molar-refractivity contribution in [3.8, 4) is 0 Å². The molecule has 0 N–H and O–H groups in total. The highest BCUT2D eigenvalue weighted by Gasteiger charge is 2.23. The van der Waals surface area contributed by atoms with Crippen LogP contribution in [0.1, 0.15) is 18.4 Å². The molecular weight excluding hydrogens is 337 g/mol. The molecule has 1 aromatic carbocycles. The van der Waals surface area contributed by atoms with E-state index in [1.165, 1.54) is 25.0 Å². The molecule has 1 aliphatic heterocycles. The molecule has 16 heavy (non-hydrogen) atoms. The highest BCUT2D eigenvalue weighted by Crippen LogP contribution is 2.25. The van der Waals surface area contributed by atoms with Crippen LogP contribution in [0.4, 0.5) is 4.39 Å². The van der Waals surface area contributed by atoms with Gasteiger partial charge in [0.1, 0.15) is 5.82 Å². The van der Waals surface area contributed by atoms with Gasteiger partial charge in [-0.15, -0.1) is 0 Å². The number of alkyl halides is 1. The summed E-state index contributed by atoms with van der Waals surface area (Å²) >= 11 is 6.96. The average molecular weight is 351 g/mol. The predicted octanol–water partition coefficient (Wildman–Crippen LogP) is 3.95. The molecule has 0 aromatic heterocycles. The number of likely N-dealkylation sites (tertiary alicyclic amines) is 1. The van der Waals surface area contributed by atoms with Crippen molar-refractivity contribution < 1.29 is 4.39 Å². The number of hydrogen-bond acceptors (Lipinski definition) is 1. The van der Waals surface area contributed by atoms with Crippen molar-refractivity contribution in [2.75, 3.05) is 11.9 Å². The molecule has 0 bridgehead atoms. The molecular formula is C12H14Br2FN. The molecule has 1 atom stereocenters. The maximum absolute atomic E-state index is 13.0. The second-order valence-corrected chi connectivity index (χ2v) is 5.66. The first-order valence-electron chi connectivity index (χ1n) is 5.44. The van der Waals surface area contributed by atoms with Gasteiger partial charge in [-0.3, -0.25) is 4.90 Å². The molecule has 1 saturated heterocycles. The lowest BCUT2D eigenvalue weighted by Gasteiger charge is -2.23. The van der Waals surface area contributed by atoms with E-state index >= 15 is 0 Å². The number of halogens is 3. The third-order valence-corrected chi connectivity index (χ3v) is 4.55. The largest absolute Gasteiger partial charge is 0.295 e. The molecule has 1 heterocycles. The minimum absolute atomic E-state index is 0.186. The lowest BCUT2D eigenvalue weighted by molar-refractivity contribution is 0.264. The Hall–Kier alpha value is 0.0700. The summed E-state index contributed by atoms with van der Waals surface area (Å²) in [5.74, 6) is -0.186. The smallest absolute Gasteiger partial charge is 0.124 e. The van der Waals surface area contributed by atoms with Crippen LogP contribution >= 0.6 is 31.9 Å². The Morgan fingerprint density at radius 3 is 2.94 bits per heavy atom. The second-order valence-electron chi connectivity index (χ2n) is 4.16. The van der Waals surface area contributed by atoms with Crippen LogP contribution in [-0.4, -0.2) is 22.8 Å². The van der Waals surface area contributed by atoms with E-state index in [1.807, 2.05) is 6.07 Å². The van der Waals surface area contributed by atoms with Crippen LogP contribution in [-0.2, 0) is 6.54 Å². The molecule has 1 aromatic rings. The first kappa shape index (κ1) is 12.5. The van der Waals surface area contributed by atoms with Crippen molar-refractivity contribution in [1.82, 2.24) is 4.90 Å². The van der Waals surface area contributed by atoms with Crippen molar-refractivity contribution >= 4 is 31.9 Å². The van der Waals surface area contributed by atoms with Gasteiger partial charge in [0.15, 0.2) is 0 Å². The van der Waals surface area contributed by atoms with Gasteiger partial charge in [0, 0.05) is 22.4 Å². The van der Waals surface area contributed by atoms with E-state index in [4.69, 9.17) is 0 Å². The monoisotopic (exact) mass is 349 g/mol. The Kier molecular flexibility index (Phi) is 4.39. The lowest BCUT2D eigenvalue weighted by Crippen LogP contribution is -2.30. The predicted molar refractivity (Wildman–Crippen MR) is 71.3 cm³/mol. The highest BCUT2D eigenvalue weighted by molar-refractivity contribution is 9.10. The zero-order chi connectivity index (χ0) is 11.5. The van der Waals surface area contributed by atoms with Crippen LogP contribution in [0.3, 0.4) is 0 Å². The zero-order valence-corrected chi connectivity index (χ0v) is 12.1. The molecule has 2 rings (SSSR count). The summed E-state index contributed by atoms with van der Waals surface area (Å²) in [6.45, 7) is 2.04. The Morgan fingerprint density at radius 2 is 2.25 bits per heavy atom. The van der Waals surface area contributed by atoms with E-state index in [9.17, 15) is 4.39 Å². The summed E-state index contributed by atoms with van der Waals surface area (Å²) in [5.41, 5.74) is 1.16. The maximum Gasteiger partial charge on any atom is 0.124 e. The van der Waals surface area contributed by atoms with E-state index < -0.39 is 0 Å². The zero-order valence-electron chi connectivity index (χ0n) is 8.93. The topological polar surface area (TPSA) is 3.24 Å². The number of rotatable bonds is 3. The Labute approximate surface area is 112 Å². The molecule has 1 aliphatic rings. The molecule has 0 radical (unpaired) electrons. The van der Waals surface area contributed by atoms with E-state index in [-0.39, 0.29) is 5.82 Å². The number of hydrogen-bond donors (Lipinski definition) is 0. The molecule has 0 saturated carbocycles. The summed E-state index contributed by atoms with van der Waals surface area (Å²) in [7, 11) is 0. The highest BCUT2D eigenvalue weighted by atomic mass is 79.9. The van der Waals surface area contributed by atoms with Gasteiger partial charge in [-0.1, -0.05) is 37.9 Å². The normalized spacial score (nSPS) is 21.6. The quantitative estimate of drug-likeness (QED) is 0.746. The molecule has 1 nitrogen and oxygen atoms in total. The van der Waals surface area contributed by atoms with Gasteiger partial charge in [-0.25, -0.2) is 4.39 Å². The number of nitrogens with zero attached hydrogens (tertiary/aromatic N) is 1. The average Bonchev–Trinajstić information content (AvgIpc) is 2.69. The van der Waals surface area contributed by atoms with Gasteiger partial charge < -0.3 is 0 Å². The van der Waals surface area contributed by atoms with Crippen molar-refractivity contribution in [2.45, 2.75) is 25.4 Å². The van der Waals surface area contributed by atoms with Crippen molar-refractivity contribution in [2.24, 2.45) is 0 Å². The number of benzene rings is 1. The molecule has 0 spiro atoms. The molecule has 1 fully saturated rings. The van der Waals surface area contributed by atoms with E-state index in [0.29, 0.717) is 6.04 Å². The van der Waals surface area contributed by atoms with Gasteiger partial charge in [-0.2, -0.15) is 0 Å². The van der Waals surface area contributed by atoms with Crippen LogP contribution in [0, 0.1) is 5.82 Å². The van der Waals surface area contributed by atoms with E-state index in [0.717, 1.165) is 28.5 Å². The van der Waals surface area contributed by atoms with Gasteiger partial charge in [0.05, 0.1) is 0 Å². The fraction of sp³-hybridized carbons (Fsp3) is 0.500. The van der Waals surface area contributed by atoms with Crippen LogP contribution in [0.15, 0.2) is 22.7 Å². The first-order valence-corrected chi connectivity index (χ1v) is 7.36. The fourth-order valence-corrected chi connectivity index (χ4v) is 3.36. The third-order valence-electron chi connectivity index (χ3n) is 3.07. The van der Waals surface area contributed by atoms with Crippen LogP contribution < -0.4 is 0 Å². The molecule has 4 heteroatoms. The Bertz CT molecular complexity index is 370. The van der Waals surface area contributed by atoms with Gasteiger partial charge >= 0.3 is 0 Å². The summed E-state index contributed by atoms with van der Waals surface area (Å²) in [6.07, 6.45) is 2.51. The Morgan fingerprint density at radius 1 is 1.44 bits per heavy atom. The summed E-state index contributed by atoms with van der Waals surface area (Å²) in [6, 6.07) is 5.55. The minimum atomic E-state index is -0.186. The van der Waals surface area contributed by atoms with Crippen LogP contribution in [0.5, 0.6) is 0 Å². The molecule has 1 unspecified atom stereocenters. The van der Waals surface area contributed by atoms with Gasteiger partial charge in [0.2, 0.25) is 0 Å². The molecule has 0 aliphatic carbocycles. The fourth-order valence-electron chi connectivity index (χ4n) is 2.15. The lowest BCUT2D eigenvalue weighted by atomic mass is 10.2. The maximum atomic E-state index is 13.0. The van der Waals surface area contributed by atoms with Gasteiger partial charge in [0.25, 0.3) is 0 Å². The SMILES string of the molecule is Fc1ccc(CN2CCCC2CBr)c(Br)c1. The summed E-state index contributed by atoms with van der Waals surface area (Å²) < 4.78 is 13.8. The van der Waals surface area contributed by atoms with Gasteiger partial charge in [-0.05, 0) is 37.1 Å². The van der Waals surface area contributed by atoms with Crippen LogP contribution in [0.25, 0.3) is 0 Å². The standard InChI is InChI=1S/C12H14Br2FN/c13-7-11-2-1-5-16(11)8-9-3-4-10(15)6-12(9)14/h3-4,6,11H,1-2,5,7-8H2. The van der Waals surface area contributed by atoms with Crippen molar-refractivity contribution in [3.05, 3.63) is 34.1 Å².